The van der Waals surface area contributed by atoms with Gasteiger partial charge in [-0.25, -0.2) is 0 Å². The molecule has 0 amide bonds. The zero-order valence-corrected chi connectivity index (χ0v) is 11.6. The van der Waals surface area contributed by atoms with Crippen molar-refractivity contribution >= 4 is 12.2 Å². The third-order valence-corrected chi connectivity index (χ3v) is 4.00. The summed E-state index contributed by atoms with van der Waals surface area (Å²) in [5.41, 5.74) is 1.82. The molecule has 0 radical (unpaired) electrons. The maximum atomic E-state index is 10.4. The largest absolute Gasteiger partial charge is 0.497 e. The van der Waals surface area contributed by atoms with Crippen molar-refractivity contribution in [2.45, 2.75) is 25.8 Å². The minimum Gasteiger partial charge on any atom is -0.497 e. The molecule has 1 aliphatic heterocycles. The Kier molecular flexibility index (Phi) is 3.06. The Bertz CT molecular complexity index is 655. The summed E-state index contributed by atoms with van der Waals surface area (Å²) in [6.45, 7) is 0.894. The fourth-order valence-electron chi connectivity index (χ4n) is 2.58. The van der Waals surface area contributed by atoms with Crippen molar-refractivity contribution in [1.82, 2.24) is 9.13 Å². The van der Waals surface area contributed by atoms with E-state index in [2.05, 4.69) is 0 Å². The van der Waals surface area contributed by atoms with Gasteiger partial charge in [-0.1, -0.05) is 0 Å². The Hall–Kier alpha value is -1.75. The van der Waals surface area contributed by atoms with E-state index in [9.17, 15) is 5.11 Å². The van der Waals surface area contributed by atoms with Crippen LogP contribution >= 0.6 is 12.2 Å². The van der Waals surface area contributed by atoms with Crippen molar-refractivity contribution in [3.8, 4) is 17.3 Å². The first-order valence-electron chi connectivity index (χ1n) is 6.40. The number of aromatic nitrogens is 2. The standard InChI is InChI=1S/C14H16N2O2S/c1-18-11-7-5-10(6-8-11)16-13(17)12-4-2-3-9-15(12)14(16)19/h5-8,17H,2-4,9H2,1H3. The number of hydrogen-bond donors (Lipinski definition) is 1. The van der Waals surface area contributed by atoms with E-state index < -0.39 is 0 Å². The van der Waals surface area contributed by atoms with Gasteiger partial charge in [-0.15, -0.1) is 0 Å². The van der Waals surface area contributed by atoms with Crippen LogP contribution in [0.15, 0.2) is 24.3 Å². The van der Waals surface area contributed by atoms with E-state index in [0.717, 1.165) is 42.9 Å². The molecule has 1 aliphatic rings. The lowest BCUT2D eigenvalue weighted by molar-refractivity contribution is 0.414. The first kappa shape index (κ1) is 12.3. The molecule has 0 aliphatic carbocycles. The summed E-state index contributed by atoms with van der Waals surface area (Å²) in [6.07, 6.45) is 3.11. The van der Waals surface area contributed by atoms with Crippen LogP contribution in [0.1, 0.15) is 18.5 Å². The number of rotatable bonds is 2. The highest BCUT2D eigenvalue weighted by molar-refractivity contribution is 7.71. The van der Waals surface area contributed by atoms with Gasteiger partial charge in [-0.3, -0.25) is 4.57 Å². The lowest BCUT2D eigenvalue weighted by atomic mass is 10.1. The third kappa shape index (κ3) is 1.94. The molecular weight excluding hydrogens is 260 g/mol. The molecule has 1 aromatic heterocycles. The van der Waals surface area contributed by atoms with E-state index in [1.54, 1.807) is 11.7 Å². The summed E-state index contributed by atoms with van der Waals surface area (Å²) in [4.78, 5) is 0. The van der Waals surface area contributed by atoms with Gasteiger partial charge >= 0.3 is 0 Å². The Balaban J connectivity index is 2.14. The van der Waals surface area contributed by atoms with Crippen molar-refractivity contribution in [1.29, 1.82) is 0 Å². The fraction of sp³-hybridized carbons (Fsp3) is 0.357. The number of methoxy groups -OCH3 is 1. The zero-order valence-electron chi connectivity index (χ0n) is 10.8. The Morgan fingerprint density at radius 2 is 1.95 bits per heavy atom. The van der Waals surface area contributed by atoms with Crippen molar-refractivity contribution in [3.63, 3.8) is 0 Å². The van der Waals surface area contributed by atoms with E-state index in [0.29, 0.717) is 4.77 Å². The summed E-state index contributed by atoms with van der Waals surface area (Å²) in [6, 6.07) is 7.54. The number of hydrogen-bond acceptors (Lipinski definition) is 3. The minimum atomic E-state index is 0.273. The molecule has 2 aromatic rings. The van der Waals surface area contributed by atoms with E-state index in [1.807, 2.05) is 28.8 Å². The molecule has 0 bridgehead atoms. The summed E-state index contributed by atoms with van der Waals surface area (Å²) < 4.78 is 9.58. The van der Waals surface area contributed by atoms with Crippen LogP contribution in [0.3, 0.4) is 0 Å². The molecule has 0 fully saturated rings. The van der Waals surface area contributed by atoms with E-state index in [-0.39, 0.29) is 5.88 Å². The van der Waals surface area contributed by atoms with Crippen molar-refractivity contribution in [2.24, 2.45) is 0 Å². The first-order chi connectivity index (χ1) is 9.22. The van der Waals surface area contributed by atoms with E-state index in [4.69, 9.17) is 17.0 Å². The van der Waals surface area contributed by atoms with Gasteiger partial charge in [0.1, 0.15) is 5.75 Å². The second-order valence-corrected chi connectivity index (χ2v) is 5.06. The van der Waals surface area contributed by atoms with Crippen LogP contribution in [0, 0.1) is 4.77 Å². The maximum absolute atomic E-state index is 10.4. The molecule has 4 nitrogen and oxygen atoms in total. The maximum Gasteiger partial charge on any atom is 0.218 e. The molecule has 19 heavy (non-hydrogen) atoms. The lowest BCUT2D eigenvalue weighted by Gasteiger charge is -2.12. The van der Waals surface area contributed by atoms with Gasteiger partial charge in [0.15, 0.2) is 4.77 Å². The smallest absolute Gasteiger partial charge is 0.218 e. The van der Waals surface area contributed by atoms with Crippen LogP contribution in [0.25, 0.3) is 5.69 Å². The molecule has 3 rings (SSSR count). The van der Waals surface area contributed by atoms with Gasteiger partial charge < -0.3 is 14.4 Å². The van der Waals surface area contributed by atoms with Gasteiger partial charge in [0.25, 0.3) is 0 Å². The molecule has 1 aromatic carbocycles. The number of benzene rings is 1. The highest BCUT2D eigenvalue weighted by Gasteiger charge is 2.20. The molecule has 2 heterocycles. The first-order valence-corrected chi connectivity index (χ1v) is 6.81. The molecule has 0 atom stereocenters. The zero-order chi connectivity index (χ0) is 13.4. The molecule has 0 saturated carbocycles. The average molecular weight is 276 g/mol. The van der Waals surface area contributed by atoms with Gasteiger partial charge in [-0.05, 0) is 55.7 Å². The Labute approximate surface area is 116 Å². The predicted molar refractivity (Wildman–Crippen MR) is 75.7 cm³/mol. The van der Waals surface area contributed by atoms with Gasteiger partial charge in [0.2, 0.25) is 5.88 Å². The summed E-state index contributed by atoms with van der Waals surface area (Å²) in [5.74, 6) is 1.06. The van der Waals surface area contributed by atoms with Gasteiger partial charge in [0, 0.05) is 6.54 Å². The molecular formula is C14H16N2O2S. The van der Waals surface area contributed by atoms with Crippen molar-refractivity contribution < 1.29 is 9.84 Å². The summed E-state index contributed by atoms with van der Waals surface area (Å²) in [7, 11) is 1.63. The normalized spacial score (nSPS) is 14.2. The quantitative estimate of drug-likeness (QED) is 0.857. The average Bonchev–Trinajstić information content (AvgIpc) is 2.72. The molecule has 0 spiro atoms. The number of aromatic hydroxyl groups is 1. The predicted octanol–water partition coefficient (Wildman–Crippen LogP) is 3.06. The SMILES string of the molecule is COc1ccc(-n2c(O)c3n(c2=S)CCCC3)cc1. The molecule has 0 saturated heterocycles. The van der Waals surface area contributed by atoms with Crippen molar-refractivity contribution in [3.05, 3.63) is 34.7 Å². The molecule has 0 unspecified atom stereocenters. The Morgan fingerprint density at radius 1 is 1.21 bits per heavy atom. The fourth-order valence-corrected chi connectivity index (χ4v) is 2.97. The molecule has 5 heteroatoms. The molecule has 100 valence electrons. The van der Waals surface area contributed by atoms with Crippen LogP contribution in [0.5, 0.6) is 11.6 Å². The number of imidazole rings is 1. The molecule has 1 N–H and O–H groups in total. The number of nitrogens with zero attached hydrogens (tertiary/aromatic N) is 2. The second-order valence-electron chi connectivity index (χ2n) is 4.70. The van der Waals surface area contributed by atoms with Gasteiger partial charge in [0.05, 0.1) is 18.5 Å². The van der Waals surface area contributed by atoms with Crippen LogP contribution in [-0.4, -0.2) is 21.4 Å². The second kappa shape index (κ2) is 4.74. The van der Waals surface area contributed by atoms with Crippen LogP contribution in [-0.2, 0) is 13.0 Å². The van der Waals surface area contributed by atoms with E-state index in [1.165, 1.54) is 0 Å². The Morgan fingerprint density at radius 3 is 2.58 bits per heavy atom. The minimum absolute atomic E-state index is 0.273. The number of ether oxygens (including phenoxy) is 1. The van der Waals surface area contributed by atoms with Gasteiger partial charge in [-0.2, -0.15) is 0 Å². The monoisotopic (exact) mass is 276 g/mol. The third-order valence-electron chi connectivity index (χ3n) is 3.59. The highest BCUT2D eigenvalue weighted by Crippen LogP contribution is 2.30. The van der Waals surface area contributed by atoms with Crippen LogP contribution < -0.4 is 4.74 Å². The van der Waals surface area contributed by atoms with Crippen LogP contribution in [0.4, 0.5) is 0 Å². The highest BCUT2D eigenvalue weighted by atomic mass is 32.1. The summed E-state index contributed by atoms with van der Waals surface area (Å²) >= 11 is 5.48. The van der Waals surface area contributed by atoms with Crippen molar-refractivity contribution in [2.75, 3.05) is 7.11 Å². The summed E-state index contributed by atoms with van der Waals surface area (Å²) in [5, 5.41) is 10.4. The number of fused-ring (bicyclic) bond motifs is 1. The topological polar surface area (TPSA) is 39.3 Å². The van der Waals surface area contributed by atoms with E-state index >= 15 is 0 Å². The van der Waals surface area contributed by atoms with Crippen LogP contribution in [0.2, 0.25) is 0 Å². The lowest BCUT2D eigenvalue weighted by Crippen LogP contribution is -2.09.